The molecular formula is C11H18O4. The molecule has 0 aromatic heterocycles. The second-order valence-electron chi connectivity index (χ2n) is 3.21. The summed E-state index contributed by atoms with van der Waals surface area (Å²) < 4.78 is 4.73. The average Bonchev–Trinajstić information content (AvgIpc) is 2.23. The third kappa shape index (κ3) is 6.82. The highest BCUT2D eigenvalue weighted by molar-refractivity contribution is 6.37. The lowest BCUT2D eigenvalue weighted by Gasteiger charge is -2.00. The predicted octanol–water partition coefficient (Wildman–Crippen LogP) is 1.66. The van der Waals surface area contributed by atoms with E-state index in [4.69, 9.17) is 4.74 Å². The van der Waals surface area contributed by atoms with Gasteiger partial charge in [-0.1, -0.05) is 6.92 Å². The summed E-state index contributed by atoms with van der Waals surface area (Å²) in [5.74, 6) is -0.903. The first-order valence-electron chi connectivity index (χ1n) is 5.33. The van der Waals surface area contributed by atoms with Gasteiger partial charge in [0.1, 0.15) is 0 Å². The molecule has 4 nitrogen and oxygen atoms in total. The van der Waals surface area contributed by atoms with Crippen LogP contribution in [-0.2, 0) is 19.1 Å². The lowest BCUT2D eigenvalue weighted by atomic mass is 10.1. The Labute approximate surface area is 90.0 Å². The fraction of sp³-hybridized carbons (Fsp3) is 0.727. The highest BCUT2D eigenvalue weighted by atomic mass is 16.5. The second kappa shape index (κ2) is 8.15. The highest BCUT2D eigenvalue weighted by Crippen LogP contribution is 2.03. The van der Waals surface area contributed by atoms with Gasteiger partial charge in [0.2, 0.25) is 0 Å². The molecule has 86 valence electrons. The minimum Gasteiger partial charge on any atom is -0.466 e. The van der Waals surface area contributed by atoms with E-state index in [1.807, 2.05) is 0 Å². The molecule has 0 aliphatic rings. The van der Waals surface area contributed by atoms with E-state index >= 15 is 0 Å². The Morgan fingerprint density at radius 1 is 0.933 bits per heavy atom. The van der Waals surface area contributed by atoms with Gasteiger partial charge in [-0.3, -0.25) is 14.4 Å². The van der Waals surface area contributed by atoms with E-state index in [0.717, 1.165) is 0 Å². The van der Waals surface area contributed by atoms with Crippen LogP contribution in [0.15, 0.2) is 0 Å². The third-order valence-corrected chi connectivity index (χ3v) is 1.97. The van der Waals surface area contributed by atoms with Gasteiger partial charge >= 0.3 is 5.97 Å². The molecule has 0 aromatic rings. The fourth-order valence-corrected chi connectivity index (χ4v) is 1.12. The third-order valence-electron chi connectivity index (χ3n) is 1.97. The number of esters is 1. The minimum absolute atomic E-state index is 0.242. The van der Waals surface area contributed by atoms with Crippen LogP contribution in [0.2, 0.25) is 0 Å². The summed E-state index contributed by atoms with van der Waals surface area (Å²) in [6.45, 7) is 3.80. The monoisotopic (exact) mass is 214 g/mol. The molecule has 0 saturated carbocycles. The number of hydrogen-bond donors (Lipinski definition) is 0. The molecule has 0 aliphatic carbocycles. The van der Waals surface area contributed by atoms with Crippen molar-refractivity contribution in [3.63, 3.8) is 0 Å². The molecule has 0 aromatic carbocycles. The number of carbonyl (C=O) groups is 3. The molecule has 0 bridgehead atoms. The number of rotatable bonds is 8. The zero-order valence-electron chi connectivity index (χ0n) is 9.38. The Hall–Kier alpha value is -1.19. The Balaban J connectivity index is 3.50. The quantitative estimate of drug-likeness (QED) is 0.350. The Morgan fingerprint density at radius 2 is 1.53 bits per heavy atom. The van der Waals surface area contributed by atoms with Gasteiger partial charge in [-0.15, -0.1) is 0 Å². The molecule has 0 aliphatic heterocycles. The zero-order valence-corrected chi connectivity index (χ0v) is 9.38. The van der Waals surface area contributed by atoms with Crippen LogP contribution < -0.4 is 0 Å². The minimum atomic E-state index is -0.332. The Kier molecular flexibility index (Phi) is 7.50. The first kappa shape index (κ1) is 13.8. The smallest absolute Gasteiger partial charge is 0.305 e. The molecular weight excluding hydrogens is 196 g/mol. The van der Waals surface area contributed by atoms with Gasteiger partial charge < -0.3 is 4.74 Å². The summed E-state index contributed by atoms with van der Waals surface area (Å²) in [4.78, 5) is 32.9. The van der Waals surface area contributed by atoms with E-state index in [1.54, 1.807) is 13.8 Å². The van der Waals surface area contributed by atoms with Crippen LogP contribution in [0, 0.1) is 0 Å². The molecule has 0 saturated heterocycles. The molecule has 0 radical (unpaired) electrons. The Bertz CT molecular complexity index is 233. The maximum Gasteiger partial charge on any atom is 0.305 e. The van der Waals surface area contributed by atoms with Crippen molar-refractivity contribution in [2.24, 2.45) is 0 Å². The van der Waals surface area contributed by atoms with Crippen molar-refractivity contribution in [1.82, 2.24) is 0 Å². The van der Waals surface area contributed by atoms with Crippen molar-refractivity contribution in [2.45, 2.75) is 46.0 Å². The average molecular weight is 214 g/mol. The molecule has 0 N–H and O–H groups in total. The van der Waals surface area contributed by atoms with Crippen molar-refractivity contribution in [1.29, 1.82) is 0 Å². The molecule has 0 rings (SSSR count). The topological polar surface area (TPSA) is 60.4 Å². The van der Waals surface area contributed by atoms with Gasteiger partial charge in [0.15, 0.2) is 11.6 Å². The number of carbonyl (C=O) groups excluding carboxylic acids is 3. The summed E-state index contributed by atoms with van der Waals surface area (Å²) in [6.07, 6.45) is 2.00. The largest absolute Gasteiger partial charge is 0.466 e. The standard InChI is InChI=1S/C11H18O4/c1-3-9(12)10(13)7-5-6-8-11(14)15-4-2/h3-8H2,1-2H3. The van der Waals surface area contributed by atoms with Gasteiger partial charge in [0.05, 0.1) is 6.61 Å². The van der Waals surface area contributed by atoms with E-state index in [1.165, 1.54) is 0 Å². The fourth-order valence-electron chi connectivity index (χ4n) is 1.12. The van der Waals surface area contributed by atoms with E-state index in [-0.39, 0.29) is 30.4 Å². The van der Waals surface area contributed by atoms with Crippen molar-refractivity contribution >= 4 is 17.5 Å². The van der Waals surface area contributed by atoms with Crippen molar-refractivity contribution in [3.8, 4) is 0 Å². The normalized spacial score (nSPS) is 9.73. The summed E-state index contributed by atoms with van der Waals surface area (Å²) in [5.41, 5.74) is 0. The van der Waals surface area contributed by atoms with Crippen LogP contribution in [-0.4, -0.2) is 24.1 Å². The number of hydrogen-bond acceptors (Lipinski definition) is 4. The van der Waals surface area contributed by atoms with Gasteiger partial charge in [0, 0.05) is 19.3 Å². The molecule has 0 atom stereocenters. The summed E-state index contributed by atoms with van der Waals surface area (Å²) in [7, 11) is 0. The summed E-state index contributed by atoms with van der Waals surface area (Å²) in [5, 5.41) is 0. The first-order valence-corrected chi connectivity index (χ1v) is 5.33. The maximum absolute atomic E-state index is 11.1. The first-order chi connectivity index (χ1) is 7.11. The van der Waals surface area contributed by atoms with Gasteiger partial charge in [0.25, 0.3) is 0 Å². The van der Waals surface area contributed by atoms with Crippen LogP contribution in [0.4, 0.5) is 0 Å². The van der Waals surface area contributed by atoms with E-state index < -0.39 is 0 Å². The van der Waals surface area contributed by atoms with E-state index in [9.17, 15) is 14.4 Å². The zero-order chi connectivity index (χ0) is 11.7. The van der Waals surface area contributed by atoms with Crippen LogP contribution in [0.5, 0.6) is 0 Å². The van der Waals surface area contributed by atoms with Gasteiger partial charge in [-0.2, -0.15) is 0 Å². The van der Waals surface area contributed by atoms with E-state index in [2.05, 4.69) is 0 Å². The van der Waals surface area contributed by atoms with Crippen LogP contribution in [0.25, 0.3) is 0 Å². The number of ketones is 2. The van der Waals surface area contributed by atoms with Crippen LogP contribution >= 0.6 is 0 Å². The van der Waals surface area contributed by atoms with E-state index in [0.29, 0.717) is 25.9 Å². The molecule has 15 heavy (non-hydrogen) atoms. The highest BCUT2D eigenvalue weighted by Gasteiger charge is 2.10. The molecule has 0 unspecified atom stereocenters. The molecule has 0 spiro atoms. The summed E-state index contributed by atoms with van der Waals surface area (Å²) >= 11 is 0. The Morgan fingerprint density at radius 3 is 2.07 bits per heavy atom. The molecule has 0 heterocycles. The van der Waals surface area contributed by atoms with Crippen LogP contribution in [0.1, 0.15) is 46.0 Å². The van der Waals surface area contributed by atoms with Crippen molar-refractivity contribution < 1.29 is 19.1 Å². The lowest BCUT2D eigenvalue weighted by Crippen LogP contribution is -2.12. The number of Topliss-reactive ketones (excluding diaryl/α,β-unsaturated/α-hetero) is 2. The second-order valence-corrected chi connectivity index (χ2v) is 3.21. The van der Waals surface area contributed by atoms with Crippen LogP contribution in [0.3, 0.4) is 0 Å². The van der Waals surface area contributed by atoms with Gasteiger partial charge in [-0.05, 0) is 19.8 Å². The van der Waals surface area contributed by atoms with Gasteiger partial charge in [-0.25, -0.2) is 0 Å². The lowest BCUT2D eigenvalue weighted by molar-refractivity contribution is -0.143. The number of ether oxygens (including phenoxy) is 1. The molecule has 0 fully saturated rings. The molecule has 4 heteroatoms. The summed E-state index contributed by atoms with van der Waals surface area (Å²) in [6, 6.07) is 0. The predicted molar refractivity (Wildman–Crippen MR) is 55.4 cm³/mol. The molecule has 0 amide bonds. The SMILES string of the molecule is CCOC(=O)CCCCC(=O)C(=O)CC. The van der Waals surface area contributed by atoms with Crippen molar-refractivity contribution in [3.05, 3.63) is 0 Å². The van der Waals surface area contributed by atoms with Crippen molar-refractivity contribution in [2.75, 3.05) is 6.61 Å². The maximum atomic E-state index is 11.1. The number of unbranched alkanes of at least 4 members (excludes halogenated alkanes) is 1.